The maximum atomic E-state index is 12.3. The zero-order valence-corrected chi connectivity index (χ0v) is 13.7. The Morgan fingerprint density at radius 1 is 1.13 bits per heavy atom. The fourth-order valence-corrected chi connectivity index (χ4v) is 2.85. The van der Waals surface area contributed by atoms with Gasteiger partial charge in [0.1, 0.15) is 0 Å². The lowest BCUT2D eigenvalue weighted by Crippen LogP contribution is -2.50. The Kier molecular flexibility index (Phi) is 6.32. The van der Waals surface area contributed by atoms with Crippen LogP contribution in [-0.4, -0.2) is 67.4 Å². The van der Waals surface area contributed by atoms with Gasteiger partial charge in [-0.25, -0.2) is 0 Å². The van der Waals surface area contributed by atoms with Crippen LogP contribution < -0.4 is 5.32 Å². The summed E-state index contributed by atoms with van der Waals surface area (Å²) in [7, 11) is 0. The standard InChI is InChI=1S/C15H20F3N3OS/c1-23-13-4-2-12(3-5-13)19-14(22)10-20-6-8-21(9-7-20)11-15(16,17)18/h2-5H,6-11H2,1H3,(H,19,22). The van der Waals surface area contributed by atoms with E-state index in [9.17, 15) is 18.0 Å². The monoisotopic (exact) mass is 347 g/mol. The average molecular weight is 347 g/mol. The molecule has 2 rings (SSSR count). The molecule has 0 atom stereocenters. The third kappa shape index (κ3) is 6.40. The third-order valence-corrected chi connectivity index (χ3v) is 4.35. The number of nitrogens with zero attached hydrogens (tertiary/aromatic N) is 2. The molecule has 128 valence electrons. The number of amides is 1. The normalized spacial score (nSPS) is 17.2. The van der Waals surface area contributed by atoms with Crippen molar-refractivity contribution in [2.75, 3.05) is 50.8 Å². The molecule has 0 unspecified atom stereocenters. The lowest BCUT2D eigenvalue weighted by Gasteiger charge is -2.34. The Labute approximate surface area is 138 Å². The van der Waals surface area contributed by atoms with Crippen LogP contribution in [0.25, 0.3) is 0 Å². The van der Waals surface area contributed by atoms with Crippen molar-refractivity contribution < 1.29 is 18.0 Å². The van der Waals surface area contributed by atoms with Gasteiger partial charge in [0.2, 0.25) is 5.91 Å². The summed E-state index contributed by atoms with van der Waals surface area (Å²) in [6.07, 6.45) is -2.19. The summed E-state index contributed by atoms with van der Waals surface area (Å²) in [5.74, 6) is -0.147. The number of carbonyl (C=O) groups excluding carboxylic acids is 1. The molecular weight excluding hydrogens is 327 g/mol. The van der Waals surface area contributed by atoms with Gasteiger partial charge in [-0.15, -0.1) is 11.8 Å². The van der Waals surface area contributed by atoms with Crippen molar-refractivity contribution in [1.82, 2.24) is 9.80 Å². The van der Waals surface area contributed by atoms with E-state index in [4.69, 9.17) is 0 Å². The second kappa shape index (κ2) is 8.03. The van der Waals surface area contributed by atoms with Crippen LogP contribution >= 0.6 is 11.8 Å². The Balaban J connectivity index is 1.74. The van der Waals surface area contributed by atoms with Crippen LogP contribution in [0, 0.1) is 0 Å². The van der Waals surface area contributed by atoms with E-state index < -0.39 is 12.7 Å². The van der Waals surface area contributed by atoms with Crippen LogP contribution in [0.3, 0.4) is 0 Å². The minimum atomic E-state index is -4.16. The Bertz CT molecular complexity index is 514. The van der Waals surface area contributed by atoms with E-state index in [1.54, 1.807) is 11.8 Å². The fraction of sp³-hybridized carbons (Fsp3) is 0.533. The molecule has 1 saturated heterocycles. The molecular formula is C15H20F3N3OS. The lowest BCUT2D eigenvalue weighted by atomic mass is 10.3. The summed E-state index contributed by atoms with van der Waals surface area (Å²) in [5.41, 5.74) is 0.725. The van der Waals surface area contributed by atoms with Crippen LogP contribution in [0.5, 0.6) is 0 Å². The molecule has 0 aromatic heterocycles. The predicted octanol–water partition coefficient (Wildman–Crippen LogP) is 2.53. The molecule has 1 heterocycles. The SMILES string of the molecule is CSc1ccc(NC(=O)CN2CCN(CC(F)(F)F)CC2)cc1. The van der Waals surface area contributed by atoms with Gasteiger partial charge in [0.05, 0.1) is 13.1 Å². The quantitative estimate of drug-likeness (QED) is 0.831. The number of thioether (sulfide) groups is 1. The van der Waals surface area contributed by atoms with Crippen molar-refractivity contribution in [3.63, 3.8) is 0 Å². The summed E-state index contributed by atoms with van der Waals surface area (Å²) in [6.45, 7) is 0.910. The van der Waals surface area contributed by atoms with Crippen LogP contribution in [0.1, 0.15) is 0 Å². The molecule has 0 saturated carbocycles. The summed E-state index contributed by atoms with van der Waals surface area (Å²) >= 11 is 1.62. The van der Waals surface area contributed by atoms with Crippen molar-refractivity contribution in [2.24, 2.45) is 0 Å². The van der Waals surface area contributed by atoms with Crippen molar-refractivity contribution in [3.05, 3.63) is 24.3 Å². The Morgan fingerprint density at radius 3 is 2.22 bits per heavy atom. The number of anilines is 1. The van der Waals surface area contributed by atoms with E-state index in [2.05, 4.69) is 5.32 Å². The highest BCUT2D eigenvalue weighted by Crippen LogP contribution is 2.18. The molecule has 1 aliphatic rings. The van der Waals surface area contributed by atoms with Crippen LogP contribution in [0.2, 0.25) is 0 Å². The van der Waals surface area contributed by atoms with Crippen LogP contribution in [-0.2, 0) is 4.79 Å². The maximum absolute atomic E-state index is 12.3. The van der Waals surface area contributed by atoms with Gasteiger partial charge >= 0.3 is 6.18 Å². The van der Waals surface area contributed by atoms with E-state index in [0.717, 1.165) is 10.6 Å². The zero-order valence-electron chi connectivity index (χ0n) is 12.9. The molecule has 8 heteroatoms. The minimum Gasteiger partial charge on any atom is -0.325 e. The number of hydrogen-bond donors (Lipinski definition) is 1. The molecule has 1 fully saturated rings. The van der Waals surface area contributed by atoms with E-state index in [1.807, 2.05) is 35.4 Å². The molecule has 0 aliphatic carbocycles. The second-order valence-electron chi connectivity index (χ2n) is 5.44. The van der Waals surface area contributed by atoms with Gasteiger partial charge in [-0.1, -0.05) is 0 Å². The van der Waals surface area contributed by atoms with E-state index >= 15 is 0 Å². The van der Waals surface area contributed by atoms with Crippen LogP contribution in [0.15, 0.2) is 29.2 Å². The molecule has 1 amide bonds. The second-order valence-corrected chi connectivity index (χ2v) is 6.32. The number of nitrogens with one attached hydrogen (secondary N) is 1. The highest BCUT2D eigenvalue weighted by Gasteiger charge is 2.32. The van der Waals surface area contributed by atoms with Crippen LogP contribution in [0.4, 0.5) is 18.9 Å². The molecule has 1 aliphatic heterocycles. The number of hydrogen-bond acceptors (Lipinski definition) is 4. The van der Waals surface area contributed by atoms with E-state index in [0.29, 0.717) is 26.2 Å². The first-order valence-electron chi connectivity index (χ1n) is 7.31. The predicted molar refractivity (Wildman–Crippen MR) is 85.8 cm³/mol. The molecule has 1 aromatic carbocycles. The molecule has 23 heavy (non-hydrogen) atoms. The van der Waals surface area contributed by atoms with Crippen molar-refractivity contribution >= 4 is 23.4 Å². The van der Waals surface area contributed by atoms with Gasteiger partial charge in [0.25, 0.3) is 0 Å². The lowest BCUT2D eigenvalue weighted by molar-refractivity contribution is -0.149. The molecule has 1 N–H and O–H groups in total. The highest BCUT2D eigenvalue weighted by molar-refractivity contribution is 7.98. The highest BCUT2D eigenvalue weighted by atomic mass is 32.2. The number of halogens is 3. The molecule has 0 bridgehead atoms. The first-order valence-corrected chi connectivity index (χ1v) is 8.53. The van der Waals surface area contributed by atoms with Crippen molar-refractivity contribution in [1.29, 1.82) is 0 Å². The molecule has 0 radical (unpaired) electrons. The Morgan fingerprint density at radius 2 is 1.70 bits per heavy atom. The van der Waals surface area contributed by atoms with Crippen molar-refractivity contribution in [2.45, 2.75) is 11.1 Å². The topological polar surface area (TPSA) is 35.6 Å². The summed E-state index contributed by atoms with van der Waals surface area (Å²) < 4.78 is 37.0. The van der Waals surface area contributed by atoms with E-state index in [-0.39, 0.29) is 12.5 Å². The minimum absolute atomic E-state index is 0.147. The van der Waals surface area contributed by atoms with Crippen molar-refractivity contribution in [3.8, 4) is 0 Å². The third-order valence-electron chi connectivity index (χ3n) is 3.61. The summed E-state index contributed by atoms with van der Waals surface area (Å²) in [6, 6.07) is 7.53. The summed E-state index contributed by atoms with van der Waals surface area (Å²) in [4.78, 5) is 16.4. The van der Waals surface area contributed by atoms with Gasteiger partial charge in [-0.2, -0.15) is 13.2 Å². The smallest absolute Gasteiger partial charge is 0.325 e. The molecule has 1 aromatic rings. The zero-order chi connectivity index (χ0) is 16.9. The first-order chi connectivity index (χ1) is 10.9. The van der Waals surface area contributed by atoms with Gasteiger partial charge in [-0.3, -0.25) is 14.6 Å². The number of benzene rings is 1. The van der Waals surface area contributed by atoms with Gasteiger partial charge in [-0.05, 0) is 30.5 Å². The van der Waals surface area contributed by atoms with Gasteiger partial charge in [0.15, 0.2) is 0 Å². The number of alkyl halides is 3. The number of rotatable bonds is 5. The Hall–Kier alpha value is -1.25. The summed E-state index contributed by atoms with van der Waals surface area (Å²) in [5, 5.41) is 2.81. The maximum Gasteiger partial charge on any atom is 0.401 e. The first kappa shape index (κ1) is 18.1. The van der Waals surface area contributed by atoms with Gasteiger partial charge in [0, 0.05) is 36.8 Å². The number of piperazine rings is 1. The molecule has 4 nitrogen and oxygen atoms in total. The fourth-order valence-electron chi connectivity index (χ4n) is 2.44. The number of carbonyl (C=O) groups is 1. The average Bonchev–Trinajstić information content (AvgIpc) is 2.48. The molecule has 0 spiro atoms. The largest absolute Gasteiger partial charge is 0.401 e. The van der Waals surface area contributed by atoms with E-state index in [1.165, 1.54) is 4.90 Å². The van der Waals surface area contributed by atoms with Gasteiger partial charge < -0.3 is 5.32 Å².